The number of nitrogens with zero attached hydrogens (tertiary/aromatic N) is 2. The first-order valence-corrected chi connectivity index (χ1v) is 14.6. The molecule has 1 aromatic heterocycles. The highest BCUT2D eigenvalue weighted by Crippen LogP contribution is 2.45. The van der Waals surface area contributed by atoms with Crippen LogP contribution in [0, 0.1) is 0 Å². The molecule has 0 unspecified atom stereocenters. The lowest BCUT2D eigenvalue weighted by Gasteiger charge is -2.22. The summed E-state index contributed by atoms with van der Waals surface area (Å²) in [5, 5.41) is 3.22. The number of carbonyl (C=O) groups excluding carboxylic acids is 2. The van der Waals surface area contributed by atoms with E-state index in [1.54, 1.807) is 24.3 Å². The molecule has 208 valence electrons. The van der Waals surface area contributed by atoms with Crippen molar-refractivity contribution < 1.29 is 9.59 Å². The van der Waals surface area contributed by atoms with Crippen LogP contribution in [0.5, 0.6) is 0 Å². The smallest absolute Gasteiger partial charge is 0.267 e. The van der Waals surface area contributed by atoms with E-state index in [1.807, 2.05) is 102 Å². The van der Waals surface area contributed by atoms with E-state index in [4.69, 9.17) is 0 Å². The Hall–Kier alpha value is -6.00. The molecule has 4 heteroatoms. The molecule has 0 fully saturated rings. The molecule has 1 aliphatic heterocycles. The van der Waals surface area contributed by atoms with E-state index >= 15 is 0 Å². The summed E-state index contributed by atoms with van der Waals surface area (Å²) in [5.41, 5.74) is 8.50. The molecule has 0 radical (unpaired) electrons. The molecular weight excluding hydrogens is 540 g/mol. The normalized spacial score (nSPS) is 12.6. The van der Waals surface area contributed by atoms with Crippen molar-refractivity contribution in [3.8, 4) is 44.8 Å². The molecule has 4 nitrogen and oxygen atoms in total. The minimum atomic E-state index is -0.341. The molecule has 8 rings (SSSR count). The zero-order chi connectivity index (χ0) is 29.6. The fourth-order valence-corrected chi connectivity index (χ4v) is 6.35. The number of rotatable bonds is 5. The van der Waals surface area contributed by atoms with Crippen molar-refractivity contribution >= 4 is 22.6 Å². The van der Waals surface area contributed by atoms with Crippen molar-refractivity contribution in [2.75, 3.05) is 5.01 Å². The van der Waals surface area contributed by atoms with Crippen LogP contribution < -0.4 is 5.01 Å². The average Bonchev–Trinajstić information content (AvgIpc) is 3.55. The van der Waals surface area contributed by atoms with Gasteiger partial charge in [0.2, 0.25) is 0 Å². The maximum atomic E-state index is 14.1. The second kappa shape index (κ2) is 10.4. The molecule has 0 atom stereocenters. The molecule has 0 saturated carbocycles. The Morgan fingerprint density at radius 1 is 0.341 bits per heavy atom. The standard InChI is InChI=1S/C40H26N2O2/c43-39-31-23-13-14-24-32(31)40(44)42(39)41-37(29-19-9-3-10-20-29)35-25-33(27-15-5-1-6-16-27)34(28-17-7-2-8-18-28)26-36(35)38(41)30-21-11-4-12-22-30/h1-26H. The number of imide groups is 1. The summed E-state index contributed by atoms with van der Waals surface area (Å²) in [4.78, 5) is 28.2. The Balaban J connectivity index is 1.55. The third-order valence-corrected chi connectivity index (χ3v) is 8.33. The number of benzene rings is 6. The van der Waals surface area contributed by atoms with Gasteiger partial charge in [-0.2, -0.15) is 5.01 Å². The molecule has 2 heterocycles. The lowest BCUT2D eigenvalue weighted by Crippen LogP contribution is -2.40. The summed E-state index contributed by atoms with van der Waals surface area (Å²) < 4.78 is 1.85. The highest BCUT2D eigenvalue weighted by Gasteiger charge is 2.40. The highest BCUT2D eigenvalue weighted by molar-refractivity contribution is 6.31. The van der Waals surface area contributed by atoms with Crippen LogP contribution in [0.3, 0.4) is 0 Å². The van der Waals surface area contributed by atoms with Crippen LogP contribution in [0.4, 0.5) is 0 Å². The van der Waals surface area contributed by atoms with Crippen LogP contribution in [0.25, 0.3) is 55.5 Å². The van der Waals surface area contributed by atoms with Crippen molar-refractivity contribution in [1.82, 2.24) is 4.68 Å². The summed E-state index contributed by atoms with van der Waals surface area (Å²) in [5.74, 6) is -0.682. The van der Waals surface area contributed by atoms with E-state index < -0.39 is 0 Å². The van der Waals surface area contributed by atoms with Gasteiger partial charge in [-0.3, -0.25) is 9.59 Å². The van der Waals surface area contributed by atoms with Gasteiger partial charge < -0.3 is 0 Å². The van der Waals surface area contributed by atoms with Gasteiger partial charge in [-0.05, 0) is 46.5 Å². The molecular formula is C40H26N2O2. The maximum absolute atomic E-state index is 14.1. The molecule has 0 saturated heterocycles. The van der Waals surface area contributed by atoms with Gasteiger partial charge in [-0.1, -0.05) is 133 Å². The van der Waals surface area contributed by atoms with Crippen molar-refractivity contribution in [3.05, 3.63) is 169 Å². The van der Waals surface area contributed by atoms with Crippen LogP contribution >= 0.6 is 0 Å². The van der Waals surface area contributed by atoms with Crippen molar-refractivity contribution in [2.24, 2.45) is 0 Å². The van der Waals surface area contributed by atoms with E-state index in [-0.39, 0.29) is 11.8 Å². The SMILES string of the molecule is O=C1c2ccccc2C(=O)N1n1c(-c2ccccc2)c2cc(-c3ccccc3)c(-c3ccccc3)cc2c1-c1ccccc1. The van der Waals surface area contributed by atoms with Gasteiger partial charge in [0.15, 0.2) is 0 Å². The van der Waals surface area contributed by atoms with Gasteiger partial charge in [-0.15, -0.1) is 0 Å². The Labute approximate surface area is 255 Å². The van der Waals surface area contributed by atoms with Gasteiger partial charge in [0, 0.05) is 21.9 Å². The predicted octanol–water partition coefficient (Wildman–Crippen LogP) is 9.24. The van der Waals surface area contributed by atoms with E-state index in [9.17, 15) is 9.59 Å². The maximum Gasteiger partial charge on any atom is 0.281 e. The average molecular weight is 567 g/mol. The van der Waals surface area contributed by atoms with E-state index in [0.29, 0.717) is 11.1 Å². The van der Waals surface area contributed by atoms with Crippen molar-refractivity contribution in [2.45, 2.75) is 0 Å². The Bertz CT molecular complexity index is 2030. The monoisotopic (exact) mass is 566 g/mol. The number of amides is 2. The van der Waals surface area contributed by atoms with Crippen LogP contribution in [0.1, 0.15) is 20.7 Å². The van der Waals surface area contributed by atoms with Gasteiger partial charge in [-0.25, -0.2) is 4.68 Å². The van der Waals surface area contributed by atoms with Crippen LogP contribution in [0.2, 0.25) is 0 Å². The number of hydrogen-bond acceptors (Lipinski definition) is 2. The summed E-state index contributed by atoms with van der Waals surface area (Å²) >= 11 is 0. The molecule has 2 amide bonds. The number of aromatic nitrogens is 1. The van der Waals surface area contributed by atoms with E-state index in [0.717, 1.165) is 55.5 Å². The molecule has 6 aromatic carbocycles. The predicted molar refractivity (Wildman–Crippen MR) is 177 cm³/mol. The minimum absolute atomic E-state index is 0.341. The lowest BCUT2D eigenvalue weighted by atomic mass is 9.90. The van der Waals surface area contributed by atoms with Crippen molar-refractivity contribution in [1.29, 1.82) is 0 Å². The first-order valence-electron chi connectivity index (χ1n) is 14.6. The Morgan fingerprint density at radius 3 is 1.02 bits per heavy atom. The number of hydrogen-bond donors (Lipinski definition) is 0. The van der Waals surface area contributed by atoms with Crippen LogP contribution in [-0.4, -0.2) is 16.5 Å². The summed E-state index contributed by atoms with van der Waals surface area (Å²) in [6.45, 7) is 0. The summed E-state index contributed by atoms with van der Waals surface area (Å²) in [6, 6.07) is 52.2. The zero-order valence-electron chi connectivity index (χ0n) is 23.7. The van der Waals surface area contributed by atoms with Gasteiger partial charge >= 0.3 is 0 Å². The first kappa shape index (κ1) is 25.7. The topological polar surface area (TPSA) is 42.3 Å². The molecule has 0 aliphatic carbocycles. The fraction of sp³-hybridized carbons (Fsp3) is 0. The lowest BCUT2D eigenvalue weighted by molar-refractivity contribution is 0.0888. The van der Waals surface area contributed by atoms with E-state index in [1.165, 1.54) is 5.01 Å². The number of carbonyl (C=O) groups is 2. The molecule has 7 aromatic rings. The van der Waals surface area contributed by atoms with Gasteiger partial charge in [0.25, 0.3) is 11.8 Å². The number of fused-ring (bicyclic) bond motifs is 2. The second-order valence-corrected chi connectivity index (χ2v) is 10.9. The van der Waals surface area contributed by atoms with E-state index in [2.05, 4.69) is 36.4 Å². The second-order valence-electron chi connectivity index (χ2n) is 10.9. The van der Waals surface area contributed by atoms with Gasteiger partial charge in [0.05, 0.1) is 22.5 Å². The van der Waals surface area contributed by atoms with Gasteiger partial charge in [0.1, 0.15) is 0 Å². The summed E-state index contributed by atoms with van der Waals surface area (Å²) in [6.07, 6.45) is 0. The summed E-state index contributed by atoms with van der Waals surface area (Å²) in [7, 11) is 0. The molecule has 0 bridgehead atoms. The Kier molecular flexibility index (Phi) is 6.05. The van der Waals surface area contributed by atoms with Crippen LogP contribution in [-0.2, 0) is 0 Å². The minimum Gasteiger partial charge on any atom is -0.267 e. The molecule has 44 heavy (non-hydrogen) atoms. The third kappa shape index (κ3) is 4.00. The largest absolute Gasteiger partial charge is 0.281 e. The quantitative estimate of drug-likeness (QED) is 0.195. The fourth-order valence-electron chi connectivity index (χ4n) is 6.35. The molecule has 0 spiro atoms. The van der Waals surface area contributed by atoms with Crippen LogP contribution in [0.15, 0.2) is 158 Å². The molecule has 1 aliphatic rings. The van der Waals surface area contributed by atoms with Crippen molar-refractivity contribution in [3.63, 3.8) is 0 Å². The first-order chi connectivity index (χ1) is 21.7. The highest BCUT2D eigenvalue weighted by atomic mass is 16.2. The Morgan fingerprint density at radius 2 is 0.659 bits per heavy atom. The third-order valence-electron chi connectivity index (χ3n) is 8.33. The molecule has 0 N–H and O–H groups in total. The zero-order valence-corrected chi connectivity index (χ0v) is 23.7.